The van der Waals surface area contributed by atoms with Crippen molar-refractivity contribution in [3.05, 3.63) is 86.7 Å². The molecule has 1 heterocycles. The average molecular weight is 582 g/mol. The van der Waals surface area contributed by atoms with Gasteiger partial charge in [0.1, 0.15) is 12.4 Å². The van der Waals surface area contributed by atoms with Crippen molar-refractivity contribution in [2.24, 2.45) is 4.99 Å². The van der Waals surface area contributed by atoms with E-state index in [4.69, 9.17) is 19.2 Å². The normalized spacial score (nSPS) is 15.5. The summed E-state index contributed by atoms with van der Waals surface area (Å²) in [6, 6.07) is 19.4. The molecule has 0 atom stereocenters. The molecule has 37 heavy (non-hydrogen) atoms. The average Bonchev–Trinajstić information content (AvgIpc) is 3.18. The maximum absolute atomic E-state index is 13.2. The Morgan fingerprint density at radius 3 is 2.46 bits per heavy atom. The van der Waals surface area contributed by atoms with Gasteiger partial charge >= 0.3 is 0 Å². The molecule has 0 spiro atoms. The minimum absolute atomic E-state index is 0.0793. The zero-order valence-electron chi connectivity index (χ0n) is 21.3. The molecule has 8 heteroatoms. The molecule has 4 rings (SSSR count). The standard InChI is InChI=1S/C29H29BrN2O4S/c1-5-32-28(33)27(37-29(32)31-22-10-12-23(34-4)13-11-22)16-21-15-25(35-6-2)26(17-24(21)30)36-18-20-9-7-8-19(3)14-20/h7-17H,5-6,18H2,1-4H3/b27-16+,31-29?. The Labute approximate surface area is 230 Å². The number of hydrogen-bond acceptors (Lipinski definition) is 6. The van der Waals surface area contributed by atoms with Gasteiger partial charge in [-0.1, -0.05) is 45.8 Å². The van der Waals surface area contributed by atoms with Gasteiger partial charge in [-0.15, -0.1) is 0 Å². The molecule has 1 aliphatic rings. The number of rotatable bonds is 9. The Morgan fingerprint density at radius 2 is 1.78 bits per heavy atom. The first-order valence-corrected chi connectivity index (χ1v) is 13.6. The number of ether oxygens (including phenoxy) is 3. The zero-order chi connectivity index (χ0) is 26.4. The highest BCUT2D eigenvalue weighted by molar-refractivity contribution is 9.10. The van der Waals surface area contributed by atoms with Crippen LogP contribution in [0.4, 0.5) is 5.69 Å². The van der Waals surface area contributed by atoms with Crippen LogP contribution in [-0.2, 0) is 11.4 Å². The molecule has 1 fully saturated rings. The maximum atomic E-state index is 13.2. The first-order chi connectivity index (χ1) is 17.9. The first kappa shape index (κ1) is 26.8. The second kappa shape index (κ2) is 12.3. The number of likely N-dealkylation sites (N-methyl/N-ethyl adjacent to an activating group) is 1. The number of carbonyl (C=O) groups is 1. The Balaban J connectivity index is 1.60. The lowest BCUT2D eigenvalue weighted by Crippen LogP contribution is -2.28. The molecular formula is C29H29BrN2O4S. The van der Waals surface area contributed by atoms with E-state index in [-0.39, 0.29) is 5.91 Å². The van der Waals surface area contributed by atoms with Crippen molar-refractivity contribution in [3.8, 4) is 17.2 Å². The summed E-state index contributed by atoms with van der Waals surface area (Å²) >= 11 is 5.01. The van der Waals surface area contributed by atoms with Crippen LogP contribution in [0.25, 0.3) is 6.08 Å². The van der Waals surface area contributed by atoms with Crippen LogP contribution in [0.1, 0.15) is 30.5 Å². The van der Waals surface area contributed by atoms with Crippen molar-refractivity contribution in [3.63, 3.8) is 0 Å². The Hall–Kier alpha value is -3.23. The molecule has 3 aromatic rings. The highest BCUT2D eigenvalue weighted by atomic mass is 79.9. The lowest BCUT2D eigenvalue weighted by molar-refractivity contribution is -0.122. The van der Waals surface area contributed by atoms with Crippen molar-refractivity contribution < 1.29 is 19.0 Å². The first-order valence-electron chi connectivity index (χ1n) is 12.0. The fourth-order valence-corrected chi connectivity index (χ4v) is 5.27. The van der Waals surface area contributed by atoms with E-state index in [0.29, 0.717) is 41.3 Å². The van der Waals surface area contributed by atoms with E-state index < -0.39 is 0 Å². The highest BCUT2D eigenvalue weighted by Crippen LogP contribution is 2.39. The van der Waals surface area contributed by atoms with Gasteiger partial charge in [0.25, 0.3) is 5.91 Å². The summed E-state index contributed by atoms with van der Waals surface area (Å²) in [6.07, 6.45) is 1.86. The molecule has 0 radical (unpaired) electrons. The van der Waals surface area contributed by atoms with E-state index in [1.807, 2.05) is 68.5 Å². The molecule has 1 aliphatic heterocycles. The van der Waals surface area contributed by atoms with Gasteiger partial charge in [-0.25, -0.2) is 4.99 Å². The zero-order valence-corrected chi connectivity index (χ0v) is 23.7. The molecule has 192 valence electrons. The van der Waals surface area contributed by atoms with Crippen LogP contribution in [0, 0.1) is 6.92 Å². The SMILES string of the molecule is CCOc1cc(/C=C2/SC(=Nc3ccc(OC)cc3)N(CC)C2=O)c(Br)cc1OCc1cccc(C)c1. The summed E-state index contributed by atoms with van der Waals surface area (Å²) in [7, 11) is 1.63. The van der Waals surface area contributed by atoms with Crippen LogP contribution >= 0.6 is 27.7 Å². The number of hydrogen-bond donors (Lipinski definition) is 0. The summed E-state index contributed by atoms with van der Waals surface area (Å²) in [5.41, 5.74) is 3.85. The number of aryl methyl sites for hydroxylation is 1. The fraction of sp³-hybridized carbons (Fsp3) is 0.241. The quantitative estimate of drug-likeness (QED) is 0.247. The summed E-state index contributed by atoms with van der Waals surface area (Å²) in [5, 5.41) is 0.642. The second-order valence-electron chi connectivity index (χ2n) is 8.28. The van der Waals surface area contributed by atoms with Crippen LogP contribution in [0.15, 0.2) is 75.0 Å². The van der Waals surface area contributed by atoms with Gasteiger partial charge in [0, 0.05) is 11.0 Å². The van der Waals surface area contributed by atoms with Crippen molar-refractivity contribution in [1.29, 1.82) is 0 Å². The van der Waals surface area contributed by atoms with Gasteiger partial charge in [-0.3, -0.25) is 9.69 Å². The van der Waals surface area contributed by atoms with Crippen molar-refractivity contribution in [1.82, 2.24) is 4.90 Å². The Bertz CT molecular complexity index is 1340. The third kappa shape index (κ3) is 6.56. The maximum Gasteiger partial charge on any atom is 0.266 e. The highest BCUT2D eigenvalue weighted by Gasteiger charge is 2.32. The van der Waals surface area contributed by atoms with E-state index in [1.54, 1.807) is 12.0 Å². The number of benzene rings is 3. The molecule has 0 aliphatic carbocycles. The molecule has 3 aromatic carbocycles. The number of nitrogens with zero attached hydrogens (tertiary/aromatic N) is 2. The molecule has 0 unspecified atom stereocenters. The van der Waals surface area contributed by atoms with E-state index in [9.17, 15) is 4.79 Å². The van der Waals surface area contributed by atoms with Gasteiger partial charge in [0.05, 0.1) is 24.3 Å². The number of methoxy groups -OCH3 is 1. The third-order valence-corrected chi connectivity index (χ3v) is 7.32. The molecule has 0 aromatic heterocycles. The van der Waals surface area contributed by atoms with E-state index in [1.165, 1.54) is 17.3 Å². The Kier molecular flexibility index (Phi) is 8.95. The molecule has 1 amide bonds. The Morgan fingerprint density at radius 1 is 1.03 bits per heavy atom. The topological polar surface area (TPSA) is 60.4 Å². The van der Waals surface area contributed by atoms with E-state index >= 15 is 0 Å². The van der Waals surface area contributed by atoms with Gasteiger partial charge in [0.15, 0.2) is 16.7 Å². The number of aliphatic imine (C=N–C) groups is 1. The molecule has 1 saturated heterocycles. The number of carbonyl (C=O) groups excluding carboxylic acids is 1. The second-order valence-corrected chi connectivity index (χ2v) is 10.1. The smallest absolute Gasteiger partial charge is 0.266 e. The minimum Gasteiger partial charge on any atom is -0.497 e. The van der Waals surface area contributed by atoms with E-state index in [2.05, 4.69) is 35.0 Å². The van der Waals surface area contributed by atoms with Crippen LogP contribution in [0.2, 0.25) is 0 Å². The van der Waals surface area contributed by atoms with Crippen molar-refractivity contribution >= 4 is 50.5 Å². The largest absolute Gasteiger partial charge is 0.497 e. The molecule has 0 N–H and O–H groups in total. The summed E-state index contributed by atoms with van der Waals surface area (Å²) < 4.78 is 18.0. The molecular weight excluding hydrogens is 552 g/mol. The summed E-state index contributed by atoms with van der Waals surface area (Å²) in [5.74, 6) is 1.94. The summed E-state index contributed by atoms with van der Waals surface area (Å²) in [6.45, 7) is 7.38. The van der Waals surface area contributed by atoms with Gasteiger partial charge in [0.2, 0.25) is 0 Å². The lowest BCUT2D eigenvalue weighted by Gasteiger charge is -2.14. The number of amidine groups is 1. The van der Waals surface area contributed by atoms with Crippen molar-refractivity contribution in [2.75, 3.05) is 20.3 Å². The van der Waals surface area contributed by atoms with Gasteiger partial charge in [-0.05, 0) is 86.1 Å². The predicted molar refractivity (Wildman–Crippen MR) is 154 cm³/mol. The van der Waals surface area contributed by atoms with Crippen LogP contribution in [0.3, 0.4) is 0 Å². The van der Waals surface area contributed by atoms with Gasteiger partial charge in [-0.2, -0.15) is 0 Å². The van der Waals surface area contributed by atoms with Gasteiger partial charge < -0.3 is 14.2 Å². The van der Waals surface area contributed by atoms with Crippen LogP contribution < -0.4 is 14.2 Å². The number of halogens is 1. The van der Waals surface area contributed by atoms with E-state index in [0.717, 1.165) is 27.0 Å². The van der Waals surface area contributed by atoms with Crippen molar-refractivity contribution in [2.45, 2.75) is 27.4 Å². The number of thioether (sulfide) groups is 1. The van der Waals surface area contributed by atoms with Crippen LogP contribution in [0.5, 0.6) is 17.2 Å². The summed E-state index contributed by atoms with van der Waals surface area (Å²) in [4.78, 5) is 20.2. The third-order valence-electron chi connectivity index (χ3n) is 5.63. The van der Waals surface area contributed by atoms with Crippen LogP contribution in [-0.4, -0.2) is 36.2 Å². The minimum atomic E-state index is -0.0793. The predicted octanol–water partition coefficient (Wildman–Crippen LogP) is 7.37. The lowest BCUT2D eigenvalue weighted by atomic mass is 10.1. The molecule has 6 nitrogen and oxygen atoms in total. The molecule has 0 bridgehead atoms. The monoisotopic (exact) mass is 580 g/mol. The number of amides is 1. The molecule has 0 saturated carbocycles. The fourth-order valence-electron chi connectivity index (χ4n) is 3.78.